The lowest BCUT2D eigenvalue weighted by molar-refractivity contribution is 0.0684. The van der Waals surface area contributed by atoms with Crippen molar-refractivity contribution in [3.05, 3.63) is 47.5 Å². The molecule has 3 rings (SSSR count). The Morgan fingerprint density at radius 1 is 1.35 bits per heavy atom. The van der Waals surface area contributed by atoms with Gasteiger partial charge in [-0.05, 0) is 49.5 Å². The SMILES string of the molecule is CCNCC1CCN(C(=O)c2cn(Cc3cccc(F)c3)nn2)CC1.Cl. The van der Waals surface area contributed by atoms with E-state index in [1.807, 2.05) is 11.0 Å². The molecule has 1 N–H and O–H groups in total. The fourth-order valence-corrected chi connectivity index (χ4v) is 3.15. The minimum atomic E-state index is -0.283. The molecule has 1 aliphatic rings. The number of hydrogen-bond donors (Lipinski definition) is 1. The van der Waals surface area contributed by atoms with Gasteiger partial charge in [0.2, 0.25) is 0 Å². The number of piperidine rings is 1. The molecule has 2 aromatic rings. The van der Waals surface area contributed by atoms with E-state index in [-0.39, 0.29) is 24.1 Å². The number of likely N-dealkylation sites (tertiary alicyclic amines) is 1. The first kappa shape index (κ1) is 20.3. The highest BCUT2D eigenvalue weighted by Gasteiger charge is 2.25. The Morgan fingerprint density at radius 3 is 2.81 bits per heavy atom. The highest BCUT2D eigenvalue weighted by Crippen LogP contribution is 2.18. The van der Waals surface area contributed by atoms with Gasteiger partial charge in [-0.25, -0.2) is 9.07 Å². The third-order valence-corrected chi connectivity index (χ3v) is 4.58. The first-order chi connectivity index (χ1) is 12.2. The Labute approximate surface area is 159 Å². The zero-order valence-corrected chi connectivity index (χ0v) is 15.7. The molecular formula is C18H25ClFN5O. The number of nitrogens with one attached hydrogen (secondary N) is 1. The second kappa shape index (κ2) is 9.64. The molecule has 0 bridgehead atoms. The van der Waals surface area contributed by atoms with Gasteiger partial charge < -0.3 is 10.2 Å². The number of carbonyl (C=O) groups excluding carboxylic acids is 1. The van der Waals surface area contributed by atoms with Crippen molar-refractivity contribution in [3.8, 4) is 0 Å². The van der Waals surface area contributed by atoms with Gasteiger partial charge in [0.05, 0.1) is 12.7 Å². The maximum atomic E-state index is 13.2. The summed E-state index contributed by atoms with van der Waals surface area (Å²) in [7, 11) is 0. The summed E-state index contributed by atoms with van der Waals surface area (Å²) in [6, 6.07) is 6.34. The lowest BCUT2D eigenvalue weighted by Gasteiger charge is -2.31. The summed E-state index contributed by atoms with van der Waals surface area (Å²) < 4.78 is 14.8. The van der Waals surface area contributed by atoms with Crippen LogP contribution in [0.3, 0.4) is 0 Å². The predicted molar refractivity (Wildman–Crippen MR) is 99.9 cm³/mol. The number of halogens is 2. The second-order valence-corrected chi connectivity index (χ2v) is 6.47. The number of amides is 1. The van der Waals surface area contributed by atoms with E-state index < -0.39 is 0 Å². The van der Waals surface area contributed by atoms with Crippen LogP contribution in [0.1, 0.15) is 35.8 Å². The summed E-state index contributed by atoms with van der Waals surface area (Å²) in [6.07, 6.45) is 3.66. The Balaban J connectivity index is 0.00000243. The van der Waals surface area contributed by atoms with Crippen LogP contribution in [-0.4, -0.2) is 52.0 Å². The van der Waals surface area contributed by atoms with Crippen LogP contribution in [0.4, 0.5) is 4.39 Å². The summed E-state index contributed by atoms with van der Waals surface area (Å²) in [6.45, 7) is 6.00. The summed E-state index contributed by atoms with van der Waals surface area (Å²) in [5.41, 5.74) is 1.13. The number of rotatable bonds is 6. The van der Waals surface area contributed by atoms with Crippen molar-refractivity contribution in [2.24, 2.45) is 5.92 Å². The van der Waals surface area contributed by atoms with Gasteiger partial charge in [-0.1, -0.05) is 24.3 Å². The fourth-order valence-electron chi connectivity index (χ4n) is 3.15. The van der Waals surface area contributed by atoms with Crippen molar-refractivity contribution in [3.63, 3.8) is 0 Å². The zero-order chi connectivity index (χ0) is 17.6. The smallest absolute Gasteiger partial charge is 0.276 e. The zero-order valence-electron chi connectivity index (χ0n) is 14.9. The highest BCUT2D eigenvalue weighted by atomic mass is 35.5. The molecule has 0 radical (unpaired) electrons. The van der Waals surface area contributed by atoms with Gasteiger partial charge in [-0.15, -0.1) is 17.5 Å². The first-order valence-corrected chi connectivity index (χ1v) is 8.80. The third kappa shape index (κ3) is 5.25. The number of hydrogen-bond acceptors (Lipinski definition) is 4. The molecule has 1 aromatic carbocycles. The van der Waals surface area contributed by atoms with Crippen molar-refractivity contribution in [1.29, 1.82) is 0 Å². The number of aromatic nitrogens is 3. The molecule has 0 atom stereocenters. The molecule has 0 saturated carbocycles. The average molecular weight is 382 g/mol. The van der Waals surface area contributed by atoms with E-state index in [0.29, 0.717) is 18.2 Å². The summed E-state index contributed by atoms with van der Waals surface area (Å²) in [4.78, 5) is 14.4. The van der Waals surface area contributed by atoms with Crippen LogP contribution >= 0.6 is 12.4 Å². The van der Waals surface area contributed by atoms with Crippen LogP contribution in [-0.2, 0) is 6.54 Å². The van der Waals surface area contributed by atoms with Crippen molar-refractivity contribution in [2.75, 3.05) is 26.2 Å². The van der Waals surface area contributed by atoms with Crippen molar-refractivity contribution in [2.45, 2.75) is 26.3 Å². The standard InChI is InChI=1S/C18H24FN5O.ClH/c1-2-20-11-14-6-8-23(9-7-14)18(25)17-13-24(22-21-17)12-15-4-3-5-16(19)10-15;/h3-5,10,13-14,20H,2,6-9,11-12H2,1H3;1H. The van der Waals surface area contributed by atoms with E-state index in [9.17, 15) is 9.18 Å². The minimum absolute atomic E-state index is 0. The monoisotopic (exact) mass is 381 g/mol. The lowest BCUT2D eigenvalue weighted by Crippen LogP contribution is -2.40. The van der Waals surface area contributed by atoms with E-state index in [1.165, 1.54) is 12.1 Å². The van der Waals surface area contributed by atoms with Gasteiger partial charge in [0.15, 0.2) is 5.69 Å². The van der Waals surface area contributed by atoms with Gasteiger partial charge in [0.1, 0.15) is 5.82 Å². The van der Waals surface area contributed by atoms with Crippen molar-refractivity contribution < 1.29 is 9.18 Å². The number of benzene rings is 1. The van der Waals surface area contributed by atoms with Crippen molar-refractivity contribution in [1.82, 2.24) is 25.2 Å². The molecule has 1 aromatic heterocycles. The van der Waals surface area contributed by atoms with Gasteiger partial charge in [0.25, 0.3) is 5.91 Å². The van der Waals surface area contributed by atoms with Crippen LogP contribution in [0.15, 0.2) is 30.5 Å². The van der Waals surface area contributed by atoms with E-state index in [4.69, 9.17) is 0 Å². The van der Waals surface area contributed by atoms with Crippen LogP contribution in [0, 0.1) is 11.7 Å². The molecular weight excluding hydrogens is 357 g/mol. The van der Waals surface area contributed by atoms with Gasteiger partial charge >= 0.3 is 0 Å². The number of carbonyl (C=O) groups is 1. The summed E-state index contributed by atoms with van der Waals surface area (Å²) >= 11 is 0. The maximum Gasteiger partial charge on any atom is 0.276 e. The predicted octanol–water partition coefficient (Wildman–Crippen LogP) is 2.35. The molecule has 1 saturated heterocycles. The molecule has 8 heteroatoms. The molecule has 0 spiro atoms. The van der Waals surface area contributed by atoms with Crippen molar-refractivity contribution >= 4 is 18.3 Å². The average Bonchev–Trinajstić information content (AvgIpc) is 3.08. The normalized spacial score (nSPS) is 14.9. The maximum absolute atomic E-state index is 13.2. The Morgan fingerprint density at radius 2 is 2.12 bits per heavy atom. The first-order valence-electron chi connectivity index (χ1n) is 8.80. The number of nitrogens with zero attached hydrogens (tertiary/aromatic N) is 4. The topological polar surface area (TPSA) is 63.1 Å². The van der Waals surface area contributed by atoms with E-state index >= 15 is 0 Å². The molecule has 1 amide bonds. The Kier molecular flexibility index (Phi) is 7.53. The van der Waals surface area contributed by atoms with Gasteiger partial charge in [-0.3, -0.25) is 4.79 Å². The third-order valence-electron chi connectivity index (χ3n) is 4.58. The second-order valence-electron chi connectivity index (χ2n) is 6.47. The quantitative estimate of drug-likeness (QED) is 0.834. The lowest BCUT2D eigenvalue weighted by atomic mass is 9.96. The molecule has 0 unspecified atom stereocenters. The minimum Gasteiger partial charge on any atom is -0.337 e. The van der Waals surface area contributed by atoms with Crippen LogP contribution < -0.4 is 5.32 Å². The summed E-state index contributed by atoms with van der Waals surface area (Å²) in [5, 5.41) is 11.4. The molecule has 0 aliphatic carbocycles. The highest BCUT2D eigenvalue weighted by molar-refractivity contribution is 5.92. The van der Waals surface area contributed by atoms with Crippen LogP contribution in [0.25, 0.3) is 0 Å². The van der Waals surface area contributed by atoms with E-state index in [0.717, 1.165) is 44.6 Å². The molecule has 1 fully saturated rings. The molecule has 2 heterocycles. The molecule has 142 valence electrons. The Bertz CT molecular complexity index is 715. The van der Waals surface area contributed by atoms with Crippen LogP contribution in [0.2, 0.25) is 0 Å². The van der Waals surface area contributed by atoms with E-state index in [1.54, 1.807) is 16.9 Å². The van der Waals surface area contributed by atoms with Gasteiger partial charge in [-0.2, -0.15) is 0 Å². The Hall–Kier alpha value is -1.99. The fraction of sp³-hybridized carbons (Fsp3) is 0.500. The van der Waals surface area contributed by atoms with Crippen LogP contribution in [0.5, 0.6) is 0 Å². The molecule has 26 heavy (non-hydrogen) atoms. The molecule has 6 nitrogen and oxygen atoms in total. The van der Waals surface area contributed by atoms with Gasteiger partial charge in [0, 0.05) is 13.1 Å². The van der Waals surface area contributed by atoms with E-state index in [2.05, 4.69) is 22.6 Å². The summed E-state index contributed by atoms with van der Waals surface area (Å²) in [5.74, 6) is 0.273. The largest absolute Gasteiger partial charge is 0.337 e. The molecule has 1 aliphatic heterocycles.